The van der Waals surface area contributed by atoms with Gasteiger partial charge < -0.3 is 10.8 Å². The van der Waals surface area contributed by atoms with Gasteiger partial charge in [-0.05, 0) is 62.4 Å². The van der Waals surface area contributed by atoms with E-state index in [9.17, 15) is 5.11 Å². The molecule has 3 N–H and O–H groups in total. The predicted octanol–water partition coefficient (Wildman–Crippen LogP) is 4.15. The van der Waals surface area contributed by atoms with Gasteiger partial charge in [0.05, 0.1) is 6.10 Å². The van der Waals surface area contributed by atoms with Gasteiger partial charge >= 0.3 is 0 Å². The van der Waals surface area contributed by atoms with Crippen LogP contribution < -0.4 is 5.73 Å². The highest BCUT2D eigenvalue weighted by atomic mass is 79.9. The molecule has 100 valence electrons. The van der Waals surface area contributed by atoms with Gasteiger partial charge in [-0.3, -0.25) is 0 Å². The molecule has 1 atom stereocenters. The van der Waals surface area contributed by atoms with Gasteiger partial charge in [0.15, 0.2) is 0 Å². The monoisotopic (exact) mass is 375 g/mol. The largest absolute Gasteiger partial charge is 0.388 e. The Balaban J connectivity index is 2.27. The first-order valence-corrected chi connectivity index (χ1v) is 8.01. The maximum Gasteiger partial charge on any atom is 0.0858 e. The summed E-state index contributed by atoms with van der Waals surface area (Å²) >= 11 is 6.94. The fraction of sp³-hybridized carbons (Fsp3) is 0.571. The quantitative estimate of drug-likeness (QED) is 0.832. The SMILES string of the molecule is NCC1(C(O)c2ccc(Br)c(Br)c2)CCCCC1. The summed E-state index contributed by atoms with van der Waals surface area (Å²) in [5.41, 5.74) is 6.79. The summed E-state index contributed by atoms with van der Waals surface area (Å²) in [4.78, 5) is 0. The highest BCUT2D eigenvalue weighted by Gasteiger charge is 2.38. The molecule has 1 aromatic rings. The first-order chi connectivity index (χ1) is 8.59. The summed E-state index contributed by atoms with van der Waals surface area (Å²) in [5.74, 6) is 0. The Kier molecular flexibility index (Phi) is 4.86. The molecule has 1 unspecified atom stereocenters. The van der Waals surface area contributed by atoms with E-state index >= 15 is 0 Å². The third kappa shape index (κ3) is 2.82. The highest BCUT2D eigenvalue weighted by Crippen LogP contribution is 2.45. The second-order valence-corrected chi connectivity index (χ2v) is 6.91. The van der Waals surface area contributed by atoms with Crippen LogP contribution in [0.25, 0.3) is 0 Å². The van der Waals surface area contributed by atoms with Crippen LogP contribution >= 0.6 is 31.9 Å². The molecule has 0 spiro atoms. The molecule has 0 aromatic heterocycles. The van der Waals surface area contributed by atoms with Crippen molar-refractivity contribution in [2.24, 2.45) is 11.1 Å². The summed E-state index contributed by atoms with van der Waals surface area (Å²) in [6.45, 7) is 0.557. The molecule has 0 radical (unpaired) electrons. The number of nitrogens with two attached hydrogens (primary N) is 1. The zero-order valence-corrected chi connectivity index (χ0v) is 13.5. The van der Waals surface area contributed by atoms with Crippen molar-refractivity contribution >= 4 is 31.9 Å². The van der Waals surface area contributed by atoms with Gasteiger partial charge in [-0.25, -0.2) is 0 Å². The second-order valence-electron chi connectivity index (χ2n) is 5.20. The number of hydrogen-bond acceptors (Lipinski definition) is 2. The van der Waals surface area contributed by atoms with Gasteiger partial charge in [-0.15, -0.1) is 0 Å². The predicted molar refractivity (Wildman–Crippen MR) is 81.4 cm³/mol. The summed E-state index contributed by atoms with van der Waals surface area (Å²) in [5, 5.41) is 10.7. The number of hydrogen-bond donors (Lipinski definition) is 2. The van der Waals surface area contributed by atoms with Gasteiger partial charge in [-0.1, -0.05) is 25.3 Å². The van der Waals surface area contributed by atoms with E-state index in [1.54, 1.807) is 0 Å². The van der Waals surface area contributed by atoms with Crippen LogP contribution in [0, 0.1) is 5.41 Å². The van der Waals surface area contributed by atoms with E-state index in [0.717, 1.165) is 27.4 Å². The van der Waals surface area contributed by atoms with Crippen molar-refractivity contribution in [3.05, 3.63) is 32.7 Å². The fourth-order valence-corrected chi connectivity index (χ4v) is 3.52. The molecule has 2 nitrogen and oxygen atoms in total. The van der Waals surface area contributed by atoms with Crippen molar-refractivity contribution in [2.75, 3.05) is 6.54 Å². The Labute approximate surface area is 125 Å². The van der Waals surface area contributed by atoms with Crippen molar-refractivity contribution in [1.82, 2.24) is 0 Å². The van der Waals surface area contributed by atoms with E-state index in [1.807, 2.05) is 18.2 Å². The van der Waals surface area contributed by atoms with Crippen LogP contribution in [0.4, 0.5) is 0 Å². The molecule has 4 heteroatoms. The van der Waals surface area contributed by atoms with Crippen LogP contribution in [0.3, 0.4) is 0 Å². The molecule has 0 bridgehead atoms. The minimum Gasteiger partial charge on any atom is -0.388 e. The summed E-state index contributed by atoms with van der Waals surface area (Å²) in [6, 6.07) is 5.93. The van der Waals surface area contributed by atoms with Crippen LogP contribution in [-0.2, 0) is 0 Å². The average molecular weight is 377 g/mol. The van der Waals surface area contributed by atoms with Gasteiger partial charge in [-0.2, -0.15) is 0 Å². The van der Waals surface area contributed by atoms with E-state index in [1.165, 1.54) is 19.3 Å². The van der Waals surface area contributed by atoms with Gasteiger partial charge in [0, 0.05) is 20.9 Å². The van der Waals surface area contributed by atoms with Crippen LogP contribution in [0.1, 0.15) is 43.8 Å². The lowest BCUT2D eigenvalue weighted by molar-refractivity contribution is 0.000654. The minimum absolute atomic E-state index is 0.133. The molecule has 0 saturated heterocycles. The first-order valence-electron chi connectivity index (χ1n) is 6.42. The molecule has 2 rings (SSSR count). The molecule has 1 aromatic carbocycles. The van der Waals surface area contributed by atoms with Crippen molar-refractivity contribution in [3.63, 3.8) is 0 Å². The lowest BCUT2D eigenvalue weighted by atomic mass is 9.68. The van der Waals surface area contributed by atoms with Crippen molar-refractivity contribution < 1.29 is 5.11 Å². The molecule has 0 heterocycles. The maximum atomic E-state index is 10.7. The van der Waals surface area contributed by atoms with Crippen molar-refractivity contribution in [3.8, 4) is 0 Å². The number of aliphatic hydroxyl groups excluding tert-OH is 1. The molecule has 1 fully saturated rings. The number of rotatable bonds is 3. The van der Waals surface area contributed by atoms with Crippen LogP contribution in [0.15, 0.2) is 27.1 Å². The lowest BCUT2D eigenvalue weighted by Crippen LogP contribution is -2.38. The molecule has 1 saturated carbocycles. The number of aliphatic hydroxyl groups is 1. The van der Waals surface area contributed by atoms with Gasteiger partial charge in [0.1, 0.15) is 0 Å². The molecular weight excluding hydrogens is 358 g/mol. The summed E-state index contributed by atoms with van der Waals surface area (Å²) < 4.78 is 1.98. The normalized spacial score (nSPS) is 20.7. The average Bonchev–Trinajstić information content (AvgIpc) is 2.42. The van der Waals surface area contributed by atoms with E-state index in [2.05, 4.69) is 31.9 Å². The molecule has 0 aliphatic heterocycles. The molecule has 1 aliphatic rings. The Bertz CT molecular complexity index is 416. The van der Waals surface area contributed by atoms with Crippen LogP contribution in [0.2, 0.25) is 0 Å². The third-order valence-electron chi connectivity index (χ3n) is 4.10. The Hall–Kier alpha value is 0.1000. The third-order valence-corrected chi connectivity index (χ3v) is 5.97. The lowest BCUT2D eigenvalue weighted by Gasteiger charge is -2.40. The minimum atomic E-state index is -0.466. The van der Waals surface area contributed by atoms with E-state index in [-0.39, 0.29) is 5.41 Å². The molecule has 0 amide bonds. The first kappa shape index (κ1) is 14.5. The topological polar surface area (TPSA) is 46.2 Å². The van der Waals surface area contributed by atoms with Crippen molar-refractivity contribution in [1.29, 1.82) is 0 Å². The fourth-order valence-electron chi connectivity index (χ4n) is 2.88. The van der Waals surface area contributed by atoms with Gasteiger partial charge in [0.2, 0.25) is 0 Å². The summed E-state index contributed by atoms with van der Waals surface area (Å²) in [6.07, 6.45) is 5.19. The Morgan fingerprint density at radius 3 is 2.39 bits per heavy atom. The van der Waals surface area contributed by atoms with E-state index < -0.39 is 6.10 Å². The van der Waals surface area contributed by atoms with Crippen LogP contribution in [-0.4, -0.2) is 11.7 Å². The Morgan fingerprint density at radius 1 is 1.17 bits per heavy atom. The highest BCUT2D eigenvalue weighted by molar-refractivity contribution is 9.13. The van der Waals surface area contributed by atoms with Gasteiger partial charge in [0.25, 0.3) is 0 Å². The van der Waals surface area contributed by atoms with E-state index in [0.29, 0.717) is 6.54 Å². The summed E-state index contributed by atoms with van der Waals surface area (Å²) in [7, 11) is 0. The maximum absolute atomic E-state index is 10.7. The molecule has 1 aliphatic carbocycles. The standard InChI is InChI=1S/C14H19Br2NO/c15-11-5-4-10(8-12(11)16)13(18)14(9-17)6-2-1-3-7-14/h4-5,8,13,18H,1-3,6-7,9,17H2. The van der Waals surface area contributed by atoms with E-state index in [4.69, 9.17) is 5.73 Å². The zero-order chi connectivity index (χ0) is 13.2. The zero-order valence-electron chi connectivity index (χ0n) is 10.3. The number of benzene rings is 1. The van der Waals surface area contributed by atoms with Crippen LogP contribution in [0.5, 0.6) is 0 Å². The second kappa shape index (κ2) is 6.04. The molecular formula is C14H19Br2NO. The smallest absolute Gasteiger partial charge is 0.0858 e. The Morgan fingerprint density at radius 2 is 1.83 bits per heavy atom. The number of halogens is 2. The molecule has 18 heavy (non-hydrogen) atoms. The van der Waals surface area contributed by atoms with Crippen molar-refractivity contribution in [2.45, 2.75) is 38.2 Å².